The van der Waals surface area contributed by atoms with Gasteiger partial charge in [0, 0.05) is 19.4 Å². The van der Waals surface area contributed by atoms with Gasteiger partial charge < -0.3 is 20.1 Å². The first-order chi connectivity index (χ1) is 38.3. The van der Waals surface area contributed by atoms with Gasteiger partial charge in [-0.15, -0.1) is 0 Å². The fraction of sp³-hybridized carbons (Fsp3) is 0.765. The third-order valence-corrected chi connectivity index (χ3v) is 15.0. The van der Waals surface area contributed by atoms with Crippen LogP contribution in [-0.2, 0) is 32.7 Å². The number of phosphoric ester groups is 1. The van der Waals surface area contributed by atoms with Gasteiger partial charge in [-0.1, -0.05) is 304 Å². The number of nitrogens with two attached hydrogens (primary N) is 1. The van der Waals surface area contributed by atoms with E-state index >= 15 is 0 Å². The quantitative estimate of drug-likeness (QED) is 0.0264. The van der Waals surface area contributed by atoms with Crippen molar-refractivity contribution in [2.75, 3.05) is 26.4 Å². The maximum Gasteiger partial charge on any atom is 0.472 e. The second-order valence-electron chi connectivity index (χ2n) is 21.6. The summed E-state index contributed by atoms with van der Waals surface area (Å²) in [4.78, 5) is 35.3. The van der Waals surface area contributed by atoms with Gasteiger partial charge in [-0.3, -0.25) is 18.6 Å². The SMILES string of the molecule is CC/C=C\C/C=C\C/C=C\C/C=C\C/C=C\C/C=C\C/C=C\CCCCCCCCCCCCCCCC(=O)OC(COC(=O)CCCCCCCCCCCCCCCCCCCCCCCC)COP(=O)(O)OCCN. The van der Waals surface area contributed by atoms with E-state index in [1.807, 2.05) is 0 Å². The maximum absolute atomic E-state index is 12.7. The molecule has 0 aliphatic rings. The molecule has 2 unspecified atom stereocenters. The number of hydrogen-bond donors (Lipinski definition) is 2. The van der Waals surface area contributed by atoms with Crippen molar-refractivity contribution in [2.45, 2.75) is 309 Å². The molecule has 0 saturated heterocycles. The number of rotatable bonds is 61. The number of carbonyl (C=O) groups is 2. The first-order valence-corrected chi connectivity index (χ1v) is 34.1. The minimum absolute atomic E-state index is 0.0523. The van der Waals surface area contributed by atoms with E-state index in [4.69, 9.17) is 24.3 Å². The maximum atomic E-state index is 12.7. The summed E-state index contributed by atoms with van der Waals surface area (Å²) in [6, 6.07) is 0. The summed E-state index contributed by atoms with van der Waals surface area (Å²) in [5, 5.41) is 0. The summed E-state index contributed by atoms with van der Waals surface area (Å²) >= 11 is 0. The van der Waals surface area contributed by atoms with Gasteiger partial charge >= 0.3 is 19.8 Å². The van der Waals surface area contributed by atoms with Crippen molar-refractivity contribution in [3.05, 3.63) is 85.1 Å². The molecule has 0 radical (unpaired) electrons. The lowest BCUT2D eigenvalue weighted by molar-refractivity contribution is -0.161. The van der Waals surface area contributed by atoms with Crippen LogP contribution in [0.2, 0.25) is 0 Å². The van der Waals surface area contributed by atoms with E-state index in [-0.39, 0.29) is 38.6 Å². The van der Waals surface area contributed by atoms with Crippen molar-refractivity contribution in [1.29, 1.82) is 0 Å². The average Bonchev–Trinajstić information content (AvgIpc) is 3.43. The van der Waals surface area contributed by atoms with E-state index in [0.717, 1.165) is 83.5 Å². The van der Waals surface area contributed by atoms with Crippen LogP contribution in [0.5, 0.6) is 0 Å². The molecule has 0 amide bonds. The van der Waals surface area contributed by atoms with Crippen molar-refractivity contribution in [3.63, 3.8) is 0 Å². The van der Waals surface area contributed by atoms with Gasteiger partial charge in [0.1, 0.15) is 6.61 Å². The molecule has 78 heavy (non-hydrogen) atoms. The third kappa shape index (κ3) is 62.4. The van der Waals surface area contributed by atoms with Crippen molar-refractivity contribution < 1.29 is 37.6 Å². The smallest absolute Gasteiger partial charge is 0.462 e. The predicted octanol–water partition coefficient (Wildman–Crippen LogP) is 21.0. The van der Waals surface area contributed by atoms with Crippen molar-refractivity contribution in [3.8, 4) is 0 Å². The number of esters is 2. The minimum atomic E-state index is -4.39. The number of phosphoric acid groups is 1. The largest absolute Gasteiger partial charge is 0.472 e. The van der Waals surface area contributed by atoms with E-state index in [2.05, 4.69) is 98.9 Å². The second kappa shape index (κ2) is 63.4. The Morgan fingerprint density at radius 2 is 0.705 bits per heavy atom. The average molecular weight is 1110 g/mol. The van der Waals surface area contributed by atoms with Crippen LogP contribution in [0.15, 0.2) is 85.1 Å². The van der Waals surface area contributed by atoms with Crippen LogP contribution in [0.25, 0.3) is 0 Å². The van der Waals surface area contributed by atoms with Crippen molar-refractivity contribution in [2.24, 2.45) is 5.73 Å². The summed E-state index contributed by atoms with van der Waals surface area (Å²) in [6.07, 6.45) is 83.7. The fourth-order valence-electron chi connectivity index (χ4n) is 9.27. The van der Waals surface area contributed by atoms with Gasteiger partial charge in [-0.25, -0.2) is 4.57 Å². The molecule has 0 fully saturated rings. The van der Waals surface area contributed by atoms with E-state index in [0.29, 0.717) is 6.42 Å². The minimum Gasteiger partial charge on any atom is -0.462 e. The molecule has 3 N–H and O–H groups in total. The summed E-state index contributed by atoms with van der Waals surface area (Å²) in [5.74, 6) is -0.818. The van der Waals surface area contributed by atoms with Gasteiger partial charge in [0.15, 0.2) is 6.10 Å². The number of hydrogen-bond acceptors (Lipinski definition) is 8. The topological polar surface area (TPSA) is 134 Å². The lowest BCUT2D eigenvalue weighted by Gasteiger charge is -2.19. The Hall–Kier alpha value is -2.81. The molecule has 10 heteroatoms. The summed E-state index contributed by atoms with van der Waals surface area (Å²) < 4.78 is 33.1. The molecule has 0 aromatic rings. The normalized spacial score (nSPS) is 13.5. The van der Waals surface area contributed by atoms with E-state index in [9.17, 15) is 19.0 Å². The highest BCUT2D eigenvalue weighted by Crippen LogP contribution is 2.43. The number of allylic oxidation sites excluding steroid dienone is 14. The van der Waals surface area contributed by atoms with E-state index in [1.165, 1.54) is 186 Å². The molecule has 0 saturated carbocycles. The third-order valence-electron chi connectivity index (χ3n) is 14.0. The second-order valence-corrected chi connectivity index (χ2v) is 23.1. The van der Waals surface area contributed by atoms with Crippen LogP contribution in [0.3, 0.4) is 0 Å². The van der Waals surface area contributed by atoms with Gasteiger partial charge in [0.05, 0.1) is 13.2 Å². The zero-order chi connectivity index (χ0) is 56.6. The Balaban J connectivity index is 3.91. The highest BCUT2D eigenvalue weighted by atomic mass is 31.2. The molecule has 0 heterocycles. The Morgan fingerprint density at radius 3 is 1.05 bits per heavy atom. The number of unbranched alkanes of at least 4 members (excludes halogenated alkanes) is 34. The summed E-state index contributed by atoms with van der Waals surface area (Å²) in [5.41, 5.74) is 5.39. The summed E-state index contributed by atoms with van der Waals surface area (Å²) in [6.45, 7) is 3.67. The Morgan fingerprint density at radius 1 is 0.397 bits per heavy atom. The molecule has 0 aromatic carbocycles. The molecule has 0 aromatic heterocycles. The standard InChI is InChI=1S/C68H122NO8P/c1-3-5-7-9-11-13-15-17-19-21-23-25-27-28-29-30-31-32-33-34-35-36-37-38-39-41-43-45-47-49-51-53-55-57-59-61-68(71)77-66(65-76-78(72,73)75-63-62-69)64-74-67(70)60-58-56-54-52-50-48-46-44-42-40-26-24-22-20-18-16-14-12-10-8-6-4-2/h5,7,11,13,17,19,23,25,28-29,31-32,34-35,66H,3-4,6,8-10,12,14-16,18,20-22,24,26-27,30,33,36-65,69H2,1-2H3,(H,72,73)/b7-5-,13-11-,19-17-,25-23-,29-28-,32-31-,35-34-. The zero-order valence-electron chi connectivity index (χ0n) is 50.6. The van der Waals surface area contributed by atoms with Crippen LogP contribution < -0.4 is 5.73 Å². The van der Waals surface area contributed by atoms with Gasteiger partial charge in [0.2, 0.25) is 0 Å². The fourth-order valence-corrected chi connectivity index (χ4v) is 10.0. The molecule has 0 rings (SSSR count). The molecular formula is C68H122NO8P. The van der Waals surface area contributed by atoms with Crippen molar-refractivity contribution in [1.82, 2.24) is 0 Å². The highest BCUT2D eigenvalue weighted by Gasteiger charge is 2.26. The van der Waals surface area contributed by atoms with Gasteiger partial charge in [-0.05, 0) is 70.6 Å². The molecular weight excluding hydrogens is 990 g/mol. The monoisotopic (exact) mass is 1110 g/mol. The van der Waals surface area contributed by atoms with Gasteiger partial charge in [0.25, 0.3) is 0 Å². The first-order valence-electron chi connectivity index (χ1n) is 32.6. The van der Waals surface area contributed by atoms with Crippen LogP contribution in [0, 0.1) is 0 Å². The molecule has 2 atom stereocenters. The van der Waals surface area contributed by atoms with Crippen LogP contribution in [-0.4, -0.2) is 49.3 Å². The molecule has 9 nitrogen and oxygen atoms in total. The van der Waals surface area contributed by atoms with Crippen molar-refractivity contribution >= 4 is 19.8 Å². The van der Waals surface area contributed by atoms with Crippen LogP contribution in [0.1, 0.15) is 303 Å². The molecule has 0 bridgehead atoms. The Labute approximate surface area is 481 Å². The first kappa shape index (κ1) is 75.2. The van der Waals surface area contributed by atoms with Crippen LogP contribution >= 0.6 is 7.82 Å². The molecule has 452 valence electrons. The molecule has 0 aliphatic heterocycles. The molecule has 0 spiro atoms. The Kier molecular flexibility index (Phi) is 61.1. The zero-order valence-corrected chi connectivity index (χ0v) is 51.5. The van der Waals surface area contributed by atoms with Crippen LogP contribution in [0.4, 0.5) is 0 Å². The van der Waals surface area contributed by atoms with E-state index < -0.39 is 26.5 Å². The number of ether oxygens (including phenoxy) is 2. The predicted molar refractivity (Wildman–Crippen MR) is 335 cm³/mol. The van der Waals surface area contributed by atoms with Gasteiger partial charge in [-0.2, -0.15) is 0 Å². The summed E-state index contributed by atoms with van der Waals surface area (Å²) in [7, 11) is -4.39. The lowest BCUT2D eigenvalue weighted by atomic mass is 10.0. The number of carbonyl (C=O) groups excluding carboxylic acids is 2. The Bertz CT molecular complexity index is 1550. The molecule has 0 aliphatic carbocycles. The highest BCUT2D eigenvalue weighted by molar-refractivity contribution is 7.47. The lowest BCUT2D eigenvalue weighted by Crippen LogP contribution is -2.29. The van der Waals surface area contributed by atoms with E-state index in [1.54, 1.807) is 0 Å².